The van der Waals surface area contributed by atoms with Crippen LogP contribution in [0.4, 0.5) is 0 Å². The Morgan fingerprint density at radius 1 is 0.862 bits per heavy atom. The average Bonchev–Trinajstić information content (AvgIpc) is 2.73. The molecule has 0 fully saturated rings. The highest BCUT2D eigenvalue weighted by atomic mass is 32.2. The summed E-state index contributed by atoms with van der Waals surface area (Å²) in [7, 11) is -4.32. The van der Waals surface area contributed by atoms with E-state index in [1.165, 1.54) is 5.19 Å². The molecule has 0 radical (unpaired) electrons. The molecule has 0 aromatic heterocycles. The molecule has 0 saturated heterocycles. The van der Waals surface area contributed by atoms with E-state index in [0.29, 0.717) is 0 Å². The Hall–Kier alpha value is -2.41. The molecule has 0 heterocycles. The number of sulfonamides is 1. The number of rotatable bonds is 7. The lowest BCUT2D eigenvalue weighted by Gasteiger charge is -2.34. The first kappa shape index (κ1) is 21.3. The molecule has 1 atom stereocenters. The Labute approximate surface area is 174 Å². The summed E-state index contributed by atoms with van der Waals surface area (Å²) in [4.78, 5) is 0.277. The summed E-state index contributed by atoms with van der Waals surface area (Å²) in [6, 6.07) is 24.7. The summed E-state index contributed by atoms with van der Waals surface area (Å²) in [6.45, 7) is 6.32. The lowest BCUT2D eigenvalue weighted by molar-refractivity contribution is 0.414. The van der Waals surface area contributed by atoms with Gasteiger partial charge in [0, 0.05) is 5.67 Å². The second-order valence-electron chi connectivity index (χ2n) is 7.73. The SMILES string of the molecule is COc1ccc([C@@H](NS(=O)(=O)c2ccc(C)cc2)[Si](C)(C)c2ccccc2)cc1. The van der Waals surface area contributed by atoms with Gasteiger partial charge in [0.25, 0.3) is 0 Å². The van der Waals surface area contributed by atoms with Crippen molar-refractivity contribution in [2.45, 2.75) is 30.6 Å². The van der Waals surface area contributed by atoms with E-state index in [0.717, 1.165) is 16.9 Å². The van der Waals surface area contributed by atoms with Gasteiger partial charge in [-0.1, -0.05) is 78.4 Å². The van der Waals surface area contributed by atoms with Gasteiger partial charge in [0.1, 0.15) is 13.8 Å². The van der Waals surface area contributed by atoms with Gasteiger partial charge in [0.05, 0.1) is 12.0 Å². The summed E-state index contributed by atoms with van der Waals surface area (Å²) in [5.41, 5.74) is 1.62. The van der Waals surface area contributed by atoms with Crippen LogP contribution >= 0.6 is 0 Å². The molecule has 0 aliphatic rings. The Morgan fingerprint density at radius 2 is 1.45 bits per heavy atom. The first-order chi connectivity index (χ1) is 13.7. The zero-order valence-corrected chi connectivity index (χ0v) is 19.0. The van der Waals surface area contributed by atoms with Crippen molar-refractivity contribution in [3.8, 4) is 5.75 Å². The Kier molecular flexibility index (Phi) is 6.26. The molecular formula is C23H27NO3SSi. The van der Waals surface area contributed by atoms with Gasteiger partial charge < -0.3 is 4.74 Å². The second kappa shape index (κ2) is 8.53. The molecule has 0 amide bonds. The highest BCUT2D eigenvalue weighted by Gasteiger charge is 2.38. The van der Waals surface area contributed by atoms with Gasteiger partial charge >= 0.3 is 0 Å². The van der Waals surface area contributed by atoms with Crippen molar-refractivity contribution in [3.63, 3.8) is 0 Å². The van der Waals surface area contributed by atoms with Gasteiger partial charge in [-0.05, 0) is 36.8 Å². The molecule has 0 aliphatic heterocycles. The molecule has 0 saturated carbocycles. The van der Waals surface area contributed by atoms with Crippen molar-refractivity contribution < 1.29 is 13.2 Å². The van der Waals surface area contributed by atoms with Gasteiger partial charge in [-0.2, -0.15) is 0 Å². The van der Waals surface area contributed by atoms with E-state index in [1.807, 2.05) is 61.5 Å². The molecule has 0 aliphatic carbocycles. The molecule has 29 heavy (non-hydrogen) atoms. The first-order valence-corrected chi connectivity index (χ1v) is 14.1. The molecule has 0 unspecified atom stereocenters. The molecule has 6 heteroatoms. The Balaban J connectivity index is 2.06. The van der Waals surface area contributed by atoms with Gasteiger partial charge in [-0.3, -0.25) is 0 Å². The number of ether oxygens (including phenoxy) is 1. The summed E-state index contributed by atoms with van der Waals surface area (Å²) >= 11 is 0. The van der Waals surface area contributed by atoms with Crippen molar-refractivity contribution >= 4 is 23.3 Å². The summed E-state index contributed by atoms with van der Waals surface area (Å²) in [5.74, 6) is 0.744. The molecule has 3 aromatic carbocycles. The van der Waals surface area contributed by atoms with Crippen LogP contribution in [-0.2, 0) is 10.0 Å². The van der Waals surface area contributed by atoms with Crippen LogP contribution in [0.15, 0.2) is 83.8 Å². The van der Waals surface area contributed by atoms with E-state index < -0.39 is 18.1 Å². The summed E-state index contributed by atoms with van der Waals surface area (Å²) < 4.78 is 34.7. The number of benzene rings is 3. The lowest BCUT2D eigenvalue weighted by Crippen LogP contribution is -2.54. The highest BCUT2D eigenvalue weighted by Crippen LogP contribution is 2.28. The fourth-order valence-corrected chi connectivity index (χ4v) is 8.53. The predicted octanol–water partition coefficient (Wildman–Crippen LogP) is 4.18. The van der Waals surface area contributed by atoms with E-state index in [9.17, 15) is 8.42 Å². The van der Waals surface area contributed by atoms with Crippen LogP contribution in [0.25, 0.3) is 0 Å². The molecule has 0 bridgehead atoms. The normalized spacial score (nSPS) is 13.1. The molecule has 152 valence electrons. The van der Waals surface area contributed by atoms with Crippen LogP contribution < -0.4 is 14.6 Å². The lowest BCUT2D eigenvalue weighted by atomic mass is 10.2. The molecule has 1 N–H and O–H groups in total. The third-order valence-corrected chi connectivity index (χ3v) is 10.7. The van der Waals surface area contributed by atoms with Crippen molar-refractivity contribution in [2.75, 3.05) is 7.11 Å². The molecule has 3 aromatic rings. The smallest absolute Gasteiger partial charge is 0.240 e. The van der Waals surface area contributed by atoms with E-state index in [1.54, 1.807) is 19.2 Å². The van der Waals surface area contributed by atoms with Crippen LogP contribution in [-0.4, -0.2) is 23.6 Å². The van der Waals surface area contributed by atoms with Crippen LogP contribution in [0.1, 0.15) is 16.8 Å². The topological polar surface area (TPSA) is 55.4 Å². The number of nitrogens with one attached hydrogen (secondary N) is 1. The molecule has 0 spiro atoms. The highest BCUT2D eigenvalue weighted by molar-refractivity contribution is 7.89. The predicted molar refractivity (Wildman–Crippen MR) is 121 cm³/mol. The van der Waals surface area contributed by atoms with Gasteiger partial charge in [0.15, 0.2) is 0 Å². The van der Waals surface area contributed by atoms with Crippen LogP contribution in [0.3, 0.4) is 0 Å². The quantitative estimate of drug-likeness (QED) is 0.578. The Bertz CT molecular complexity index is 1050. The standard InChI is InChI=1S/C23H27NO3SSi/c1-18-10-16-21(17-11-18)28(25,26)24-23(19-12-14-20(27-2)15-13-19)29(3,4)22-8-6-5-7-9-22/h5-17,23-24H,1-4H3/t23-/m0/s1. The van der Waals surface area contributed by atoms with Gasteiger partial charge in [-0.25, -0.2) is 13.1 Å². The van der Waals surface area contributed by atoms with Gasteiger partial charge in [-0.15, -0.1) is 0 Å². The Morgan fingerprint density at radius 3 is 2.00 bits per heavy atom. The number of hydrogen-bond acceptors (Lipinski definition) is 3. The zero-order chi connectivity index (χ0) is 21.1. The molecular weight excluding hydrogens is 398 g/mol. The largest absolute Gasteiger partial charge is 0.497 e. The second-order valence-corrected chi connectivity index (χ2v) is 14.0. The number of methoxy groups -OCH3 is 1. The van der Waals surface area contributed by atoms with E-state index in [4.69, 9.17) is 4.74 Å². The van der Waals surface area contributed by atoms with Gasteiger partial charge in [0.2, 0.25) is 10.0 Å². The minimum absolute atomic E-state index is 0.277. The van der Waals surface area contributed by atoms with Crippen molar-refractivity contribution in [1.29, 1.82) is 0 Å². The minimum atomic E-state index is -3.68. The maximum atomic E-state index is 13.2. The number of hydrogen-bond donors (Lipinski definition) is 1. The van der Waals surface area contributed by atoms with E-state index >= 15 is 0 Å². The summed E-state index contributed by atoms with van der Waals surface area (Å²) in [5, 5.41) is 1.19. The third kappa shape index (κ3) is 4.78. The maximum Gasteiger partial charge on any atom is 0.240 e. The minimum Gasteiger partial charge on any atom is -0.497 e. The number of aryl methyl sites for hydroxylation is 1. The maximum absolute atomic E-state index is 13.2. The fraction of sp³-hybridized carbons (Fsp3) is 0.217. The van der Waals surface area contributed by atoms with Crippen LogP contribution in [0, 0.1) is 6.92 Å². The third-order valence-electron chi connectivity index (χ3n) is 5.29. The van der Waals surface area contributed by atoms with Crippen LogP contribution in [0.5, 0.6) is 5.75 Å². The molecule has 4 nitrogen and oxygen atoms in total. The first-order valence-electron chi connectivity index (χ1n) is 9.52. The van der Waals surface area contributed by atoms with Crippen molar-refractivity contribution in [2.24, 2.45) is 0 Å². The molecule has 3 rings (SSSR count). The fourth-order valence-electron chi connectivity index (χ4n) is 3.40. The monoisotopic (exact) mass is 425 g/mol. The van der Waals surface area contributed by atoms with E-state index in [-0.39, 0.29) is 10.6 Å². The van der Waals surface area contributed by atoms with E-state index in [2.05, 4.69) is 29.9 Å². The zero-order valence-electron chi connectivity index (χ0n) is 17.2. The summed E-state index contributed by atoms with van der Waals surface area (Å²) in [6.07, 6.45) is 0. The van der Waals surface area contributed by atoms with Crippen molar-refractivity contribution in [3.05, 3.63) is 90.0 Å². The average molecular weight is 426 g/mol. The van der Waals surface area contributed by atoms with Crippen LogP contribution in [0.2, 0.25) is 13.1 Å². The van der Waals surface area contributed by atoms with Crippen molar-refractivity contribution in [1.82, 2.24) is 4.72 Å².